The van der Waals surface area contributed by atoms with E-state index in [1.807, 2.05) is 30.3 Å². The molecule has 0 radical (unpaired) electrons. The molecule has 0 atom stereocenters. The number of para-hydroxylation sites is 2. The maximum Gasteiger partial charge on any atom is 0.295 e. The van der Waals surface area contributed by atoms with E-state index in [4.69, 9.17) is 0 Å². The molecule has 2 heterocycles. The van der Waals surface area contributed by atoms with Crippen molar-refractivity contribution in [2.45, 2.75) is 18.8 Å². The van der Waals surface area contributed by atoms with Gasteiger partial charge in [0.1, 0.15) is 17.3 Å². The molecule has 7 nitrogen and oxygen atoms in total. The number of anilines is 1. The molecule has 4 aromatic rings. The highest BCUT2D eigenvalue weighted by atomic mass is 19.1. The van der Waals surface area contributed by atoms with Crippen LogP contribution in [0.5, 0.6) is 0 Å². The molecule has 0 aliphatic heterocycles. The Morgan fingerprint density at radius 3 is 2.59 bits per heavy atom. The second-order valence-corrected chi connectivity index (χ2v) is 6.89. The third-order valence-corrected chi connectivity index (χ3v) is 4.72. The summed E-state index contributed by atoms with van der Waals surface area (Å²) in [5, 5.41) is 11.3. The second kappa shape index (κ2) is 6.97. The van der Waals surface area contributed by atoms with Gasteiger partial charge in [-0.3, -0.25) is 4.79 Å². The molecule has 1 aliphatic carbocycles. The van der Waals surface area contributed by atoms with E-state index in [0.717, 1.165) is 24.4 Å². The molecular weight excluding hydrogens is 371 g/mol. The van der Waals surface area contributed by atoms with Gasteiger partial charge in [-0.15, -0.1) is 5.10 Å². The highest BCUT2D eigenvalue weighted by Gasteiger charge is 2.31. The Morgan fingerprint density at radius 2 is 1.83 bits per heavy atom. The van der Waals surface area contributed by atoms with E-state index in [1.165, 1.54) is 16.9 Å². The lowest BCUT2D eigenvalue weighted by Gasteiger charge is -2.03. The summed E-state index contributed by atoms with van der Waals surface area (Å²) in [6.45, 7) is 0. The third kappa shape index (κ3) is 3.40. The molecule has 0 bridgehead atoms. The van der Waals surface area contributed by atoms with Crippen LogP contribution in [0.4, 0.5) is 10.1 Å². The summed E-state index contributed by atoms with van der Waals surface area (Å²) in [5.74, 6) is 0.381. The number of nitrogens with one attached hydrogen (secondary N) is 1. The molecule has 8 heteroatoms. The van der Waals surface area contributed by atoms with Gasteiger partial charge in [-0.1, -0.05) is 30.3 Å². The normalized spacial score (nSPS) is 13.4. The first-order valence-corrected chi connectivity index (χ1v) is 9.32. The molecule has 1 aliphatic rings. The molecule has 2 aromatic carbocycles. The van der Waals surface area contributed by atoms with Crippen molar-refractivity contribution in [1.82, 2.24) is 24.5 Å². The van der Waals surface area contributed by atoms with Crippen molar-refractivity contribution in [3.63, 3.8) is 0 Å². The van der Waals surface area contributed by atoms with Crippen molar-refractivity contribution in [1.29, 1.82) is 0 Å². The van der Waals surface area contributed by atoms with Gasteiger partial charge in [0.25, 0.3) is 5.91 Å². The van der Waals surface area contributed by atoms with Crippen LogP contribution in [-0.4, -0.2) is 30.5 Å². The van der Waals surface area contributed by atoms with Crippen molar-refractivity contribution < 1.29 is 9.18 Å². The van der Waals surface area contributed by atoms with Crippen LogP contribution in [0.25, 0.3) is 11.4 Å². The smallest absolute Gasteiger partial charge is 0.295 e. The molecule has 0 unspecified atom stereocenters. The van der Waals surface area contributed by atoms with Crippen LogP contribution in [0.1, 0.15) is 35.2 Å². The van der Waals surface area contributed by atoms with Crippen molar-refractivity contribution in [3.05, 3.63) is 84.5 Å². The highest BCUT2D eigenvalue weighted by Crippen LogP contribution is 2.39. The summed E-state index contributed by atoms with van der Waals surface area (Å²) in [6.07, 6.45) is 5.09. The molecule has 1 fully saturated rings. The van der Waals surface area contributed by atoms with Gasteiger partial charge in [0, 0.05) is 5.92 Å². The standard InChI is InChI=1S/C21H17FN6O/c22-17-8-4-5-9-18(17)27-13-15(12-23-27)24-21(29)19-25-20(14-10-11-14)28(26-19)16-6-2-1-3-7-16/h1-9,12-14H,10-11H2,(H,24,29). The molecule has 1 amide bonds. The summed E-state index contributed by atoms with van der Waals surface area (Å²) in [4.78, 5) is 17.2. The summed E-state index contributed by atoms with van der Waals surface area (Å²) >= 11 is 0. The Morgan fingerprint density at radius 1 is 1.07 bits per heavy atom. The lowest BCUT2D eigenvalue weighted by Crippen LogP contribution is -2.14. The zero-order valence-electron chi connectivity index (χ0n) is 15.4. The van der Waals surface area contributed by atoms with E-state index < -0.39 is 11.7 Å². The molecule has 1 N–H and O–H groups in total. The van der Waals surface area contributed by atoms with Crippen molar-refractivity contribution in [2.75, 3.05) is 5.32 Å². The number of hydrogen-bond acceptors (Lipinski definition) is 4. The zero-order chi connectivity index (χ0) is 19.8. The lowest BCUT2D eigenvalue weighted by molar-refractivity contribution is 0.101. The third-order valence-electron chi connectivity index (χ3n) is 4.72. The van der Waals surface area contributed by atoms with Crippen LogP contribution in [-0.2, 0) is 0 Å². The first kappa shape index (κ1) is 17.3. The summed E-state index contributed by atoms with van der Waals surface area (Å²) in [7, 11) is 0. The summed E-state index contributed by atoms with van der Waals surface area (Å²) < 4.78 is 17.0. The Labute approximate surface area is 165 Å². The molecule has 1 saturated carbocycles. The van der Waals surface area contributed by atoms with E-state index in [2.05, 4.69) is 20.5 Å². The van der Waals surface area contributed by atoms with E-state index in [9.17, 15) is 9.18 Å². The fourth-order valence-corrected chi connectivity index (χ4v) is 3.13. The Hall–Kier alpha value is -3.81. The van der Waals surface area contributed by atoms with Crippen molar-refractivity contribution in [2.24, 2.45) is 0 Å². The van der Waals surface area contributed by atoms with Gasteiger partial charge in [-0.05, 0) is 37.1 Å². The van der Waals surface area contributed by atoms with Crippen LogP contribution in [0.2, 0.25) is 0 Å². The van der Waals surface area contributed by atoms with Crippen LogP contribution >= 0.6 is 0 Å². The number of benzene rings is 2. The van der Waals surface area contributed by atoms with Gasteiger partial charge in [0.05, 0.1) is 23.8 Å². The van der Waals surface area contributed by atoms with Gasteiger partial charge < -0.3 is 5.32 Å². The number of aromatic nitrogens is 5. The lowest BCUT2D eigenvalue weighted by atomic mass is 10.3. The van der Waals surface area contributed by atoms with E-state index >= 15 is 0 Å². The Kier molecular flexibility index (Phi) is 4.16. The number of amides is 1. The number of carbonyl (C=O) groups is 1. The minimum absolute atomic E-state index is 0.0920. The fourth-order valence-electron chi connectivity index (χ4n) is 3.13. The molecule has 5 rings (SSSR count). The maximum absolute atomic E-state index is 13.9. The van der Waals surface area contributed by atoms with E-state index in [0.29, 0.717) is 17.3 Å². The van der Waals surface area contributed by atoms with Gasteiger partial charge in [-0.25, -0.2) is 18.7 Å². The Balaban J connectivity index is 1.40. The summed E-state index contributed by atoms with van der Waals surface area (Å²) in [5.41, 5.74) is 1.60. The van der Waals surface area contributed by atoms with Gasteiger partial charge in [-0.2, -0.15) is 5.10 Å². The second-order valence-electron chi connectivity index (χ2n) is 6.89. The van der Waals surface area contributed by atoms with Gasteiger partial charge in [0.15, 0.2) is 0 Å². The number of carbonyl (C=O) groups excluding carboxylic acids is 1. The van der Waals surface area contributed by atoms with E-state index in [1.54, 1.807) is 29.1 Å². The first-order chi connectivity index (χ1) is 14.2. The fraction of sp³-hybridized carbons (Fsp3) is 0.143. The predicted molar refractivity (Wildman–Crippen MR) is 105 cm³/mol. The largest absolute Gasteiger partial charge is 0.316 e. The van der Waals surface area contributed by atoms with Crippen LogP contribution in [0.15, 0.2) is 67.0 Å². The molecule has 29 heavy (non-hydrogen) atoms. The van der Waals surface area contributed by atoms with Crippen LogP contribution < -0.4 is 5.32 Å². The van der Waals surface area contributed by atoms with Crippen molar-refractivity contribution in [3.8, 4) is 11.4 Å². The molecule has 0 saturated heterocycles. The molecular formula is C21H17FN6O. The van der Waals surface area contributed by atoms with Crippen molar-refractivity contribution >= 4 is 11.6 Å². The molecule has 2 aromatic heterocycles. The number of hydrogen-bond donors (Lipinski definition) is 1. The SMILES string of the molecule is O=C(Nc1cnn(-c2ccccc2F)c1)c1nc(C2CC2)n(-c2ccccc2)n1. The van der Waals surface area contributed by atoms with Crippen LogP contribution in [0, 0.1) is 5.82 Å². The van der Waals surface area contributed by atoms with Crippen LogP contribution in [0.3, 0.4) is 0 Å². The quantitative estimate of drug-likeness (QED) is 0.565. The monoisotopic (exact) mass is 388 g/mol. The predicted octanol–water partition coefficient (Wildman–Crippen LogP) is 3.72. The van der Waals surface area contributed by atoms with Gasteiger partial charge in [0.2, 0.25) is 5.82 Å². The minimum atomic E-state index is -0.435. The topological polar surface area (TPSA) is 77.6 Å². The number of halogens is 1. The zero-order valence-corrected chi connectivity index (χ0v) is 15.4. The molecule has 0 spiro atoms. The Bertz CT molecular complexity index is 1180. The average Bonchev–Trinajstić information content (AvgIpc) is 3.32. The number of nitrogens with zero attached hydrogens (tertiary/aromatic N) is 5. The highest BCUT2D eigenvalue weighted by molar-refractivity contribution is 6.01. The van der Waals surface area contributed by atoms with E-state index in [-0.39, 0.29) is 5.82 Å². The molecule has 144 valence electrons. The minimum Gasteiger partial charge on any atom is -0.316 e. The number of rotatable bonds is 5. The first-order valence-electron chi connectivity index (χ1n) is 9.32. The van der Waals surface area contributed by atoms with Gasteiger partial charge >= 0.3 is 0 Å². The maximum atomic E-state index is 13.9. The average molecular weight is 388 g/mol. The summed E-state index contributed by atoms with van der Waals surface area (Å²) in [6, 6.07) is 15.9.